The third-order valence-electron chi connectivity index (χ3n) is 13.4. The van der Waals surface area contributed by atoms with Crippen molar-refractivity contribution in [3.05, 3.63) is 291 Å². The summed E-state index contributed by atoms with van der Waals surface area (Å²) < 4.78 is 2.45. The average molecular weight is 871 g/mol. The van der Waals surface area contributed by atoms with Gasteiger partial charge in [-0.15, -0.1) is 0 Å². The fraction of sp³-hybridized carbons (Fsp3) is 0.0303. The van der Waals surface area contributed by atoms with Gasteiger partial charge in [-0.2, -0.15) is 0 Å². The first-order valence-electron chi connectivity index (χ1n) is 23.4. The SMILES string of the molecule is C=CC(=C)/C=C(\C=C)c1cccc(N(c2ccc(C3CC=CC=C3c3ccccc3)cc2)c2ccc(-c3ccccc3-n3c4ccccc4c4c5ccccc5ccc43)cc2-c2ccccc2)c1. The molecule has 1 atom stereocenters. The Labute approximate surface area is 399 Å². The molecule has 1 heterocycles. The van der Waals surface area contributed by atoms with Crippen LogP contribution < -0.4 is 4.90 Å². The minimum Gasteiger partial charge on any atom is -0.310 e. The third-order valence-corrected chi connectivity index (χ3v) is 13.4. The largest absolute Gasteiger partial charge is 0.310 e. The minimum atomic E-state index is 0.249. The molecule has 0 saturated heterocycles. The number of hydrogen-bond donors (Lipinski definition) is 0. The first-order valence-corrected chi connectivity index (χ1v) is 23.4. The summed E-state index contributed by atoms with van der Waals surface area (Å²) in [6.45, 7) is 12.3. The second-order valence-corrected chi connectivity index (χ2v) is 17.4. The zero-order chi connectivity index (χ0) is 46.0. The molecule has 0 aliphatic heterocycles. The molecule has 11 rings (SSSR count). The van der Waals surface area contributed by atoms with Crippen LogP contribution in [0.15, 0.2) is 274 Å². The van der Waals surface area contributed by atoms with Crippen LogP contribution in [-0.4, -0.2) is 4.57 Å². The van der Waals surface area contributed by atoms with Crippen molar-refractivity contribution in [3.63, 3.8) is 0 Å². The van der Waals surface area contributed by atoms with Crippen molar-refractivity contribution in [3.8, 4) is 27.9 Å². The van der Waals surface area contributed by atoms with E-state index in [1.54, 1.807) is 6.08 Å². The predicted molar refractivity (Wildman–Crippen MR) is 292 cm³/mol. The van der Waals surface area contributed by atoms with Gasteiger partial charge >= 0.3 is 0 Å². The molecule has 1 aliphatic rings. The lowest BCUT2D eigenvalue weighted by Gasteiger charge is -2.30. The molecule has 2 heteroatoms. The van der Waals surface area contributed by atoms with Crippen LogP contribution in [0, 0.1) is 0 Å². The molecule has 9 aromatic carbocycles. The third kappa shape index (κ3) is 7.72. The number of fused-ring (bicyclic) bond motifs is 5. The van der Waals surface area contributed by atoms with Crippen LogP contribution in [0.3, 0.4) is 0 Å². The first-order chi connectivity index (χ1) is 33.6. The number of nitrogens with zero attached hydrogens (tertiary/aromatic N) is 2. The molecule has 0 spiro atoms. The highest BCUT2D eigenvalue weighted by Gasteiger charge is 2.24. The number of para-hydroxylation sites is 2. The molecule has 2 nitrogen and oxygen atoms in total. The minimum absolute atomic E-state index is 0.249. The van der Waals surface area contributed by atoms with E-state index in [0.29, 0.717) is 0 Å². The Bertz CT molecular complexity index is 3640. The van der Waals surface area contributed by atoms with Crippen molar-refractivity contribution in [2.75, 3.05) is 4.90 Å². The van der Waals surface area contributed by atoms with E-state index in [9.17, 15) is 0 Å². The van der Waals surface area contributed by atoms with Crippen LogP contribution in [0.4, 0.5) is 17.1 Å². The van der Waals surface area contributed by atoms with E-state index in [-0.39, 0.29) is 5.92 Å². The smallest absolute Gasteiger partial charge is 0.0547 e. The van der Waals surface area contributed by atoms with E-state index in [0.717, 1.165) is 68.1 Å². The molecular weight excluding hydrogens is 821 g/mol. The van der Waals surface area contributed by atoms with Gasteiger partial charge in [0.25, 0.3) is 0 Å². The van der Waals surface area contributed by atoms with Gasteiger partial charge in [0, 0.05) is 39.2 Å². The van der Waals surface area contributed by atoms with Crippen molar-refractivity contribution >= 4 is 60.8 Å². The van der Waals surface area contributed by atoms with Gasteiger partial charge in [-0.1, -0.05) is 208 Å². The second kappa shape index (κ2) is 18.3. The van der Waals surface area contributed by atoms with E-state index in [1.165, 1.54) is 49.3 Å². The van der Waals surface area contributed by atoms with Crippen LogP contribution in [-0.2, 0) is 0 Å². The lowest BCUT2D eigenvalue weighted by Crippen LogP contribution is -2.12. The normalized spacial score (nSPS) is 13.7. The monoisotopic (exact) mass is 870 g/mol. The summed E-state index contributed by atoms with van der Waals surface area (Å²) >= 11 is 0. The Hall–Kier alpha value is -8.72. The Morgan fingerprint density at radius 2 is 1.26 bits per heavy atom. The number of hydrogen-bond acceptors (Lipinski definition) is 1. The molecule has 0 amide bonds. The Morgan fingerprint density at radius 3 is 2.06 bits per heavy atom. The number of benzene rings is 9. The lowest BCUT2D eigenvalue weighted by molar-refractivity contribution is 0.874. The number of rotatable bonds is 12. The summed E-state index contributed by atoms with van der Waals surface area (Å²) in [6, 6.07) is 77.4. The highest BCUT2D eigenvalue weighted by molar-refractivity contribution is 6.21. The van der Waals surface area contributed by atoms with Crippen molar-refractivity contribution < 1.29 is 0 Å². The topological polar surface area (TPSA) is 8.17 Å². The Balaban J connectivity index is 1.10. The van der Waals surface area contributed by atoms with Gasteiger partial charge in [-0.3, -0.25) is 0 Å². The molecular formula is C66H50N2. The molecule has 0 bridgehead atoms. The molecule has 1 aliphatic carbocycles. The van der Waals surface area contributed by atoms with E-state index < -0.39 is 0 Å². The van der Waals surface area contributed by atoms with Crippen LogP contribution in [0.5, 0.6) is 0 Å². The van der Waals surface area contributed by atoms with Crippen LogP contribution in [0.1, 0.15) is 29.0 Å². The van der Waals surface area contributed by atoms with Gasteiger partial charge in [0.2, 0.25) is 0 Å². The maximum atomic E-state index is 4.19. The quantitative estimate of drug-likeness (QED) is 0.111. The maximum Gasteiger partial charge on any atom is 0.0547 e. The summed E-state index contributed by atoms with van der Waals surface area (Å²) in [5.74, 6) is 0.249. The van der Waals surface area contributed by atoms with E-state index in [4.69, 9.17) is 0 Å². The molecule has 0 fully saturated rings. The molecule has 324 valence electrons. The van der Waals surface area contributed by atoms with Crippen molar-refractivity contribution in [2.45, 2.75) is 12.3 Å². The number of anilines is 3. The molecule has 1 aromatic heterocycles. The summed E-state index contributed by atoms with van der Waals surface area (Å²) in [7, 11) is 0. The predicted octanol–water partition coefficient (Wildman–Crippen LogP) is 18.2. The van der Waals surface area contributed by atoms with E-state index in [2.05, 4.69) is 260 Å². The lowest BCUT2D eigenvalue weighted by atomic mass is 9.82. The number of allylic oxidation sites excluding steroid dienone is 9. The Kier molecular flexibility index (Phi) is 11.3. The maximum absolute atomic E-state index is 4.19. The zero-order valence-corrected chi connectivity index (χ0v) is 38.0. The second-order valence-electron chi connectivity index (χ2n) is 17.4. The van der Waals surface area contributed by atoms with E-state index >= 15 is 0 Å². The van der Waals surface area contributed by atoms with Gasteiger partial charge in [0.1, 0.15) is 0 Å². The highest BCUT2D eigenvalue weighted by atomic mass is 15.1. The summed E-state index contributed by atoms with van der Waals surface area (Å²) in [4.78, 5) is 2.40. The fourth-order valence-corrected chi connectivity index (χ4v) is 10.2. The highest BCUT2D eigenvalue weighted by Crippen LogP contribution is 2.46. The van der Waals surface area contributed by atoms with Gasteiger partial charge in [-0.25, -0.2) is 0 Å². The first kappa shape index (κ1) is 41.9. The van der Waals surface area contributed by atoms with Crippen LogP contribution in [0.2, 0.25) is 0 Å². The molecule has 10 aromatic rings. The molecule has 0 radical (unpaired) electrons. The summed E-state index contributed by atoms with van der Waals surface area (Å²) in [5.41, 5.74) is 17.9. The molecule has 0 N–H and O–H groups in total. The van der Waals surface area contributed by atoms with Crippen molar-refractivity contribution in [1.82, 2.24) is 4.57 Å². The summed E-state index contributed by atoms with van der Waals surface area (Å²) in [5, 5.41) is 5.01. The van der Waals surface area contributed by atoms with Gasteiger partial charge < -0.3 is 9.47 Å². The standard InChI is InChI=1S/C66H50N2/c1-4-46(3)43-47(5-2)52-26-20-27-55(44-52)67(54-39-35-51(36-40-54)57-29-15-14-28-56(57)48-21-8-6-9-22-48)64-41-38-53(45-61(64)49-23-10-7-11-24-49)58-30-16-18-33-62(58)68-63-34-19-17-32-60(63)66-59-31-13-12-25-50(59)37-42-65(66)68/h4-28,30-45,57H,1-3,29H2/b47-43+. The van der Waals surface area contributed by atoms with Crippen LogP contribution >= 0.6 is 0 Å². The average Bonchev–Trinajstić information content (AvgIpc) is 3.76. The molecule has 1 unspecified atom stereocenters. The summed E-state index contributed by atoms with van der Waals surface area (Å²) in [6.07, 6.45) is 13.4. The van der Waals surface area contributed by atoms with E-state index in [1.807, 2.05) is 12.2 Å². The fourth-order valence-electron chi connectivity index (χ4n) is 10.2. The van der Waals surface area contributed by atoms with Crippen molar-refractivity contribution in [2.24, 2.45) is 0 Å². The molecule has 0 saturated carbocycles. The van der Waals surface area contributed by atoms with Gasteiger partial charge in [0.15, 0.2) is 0 Å². The van der Waals surface area contributed by atoms with Crippen molar-refractivity contribution in [1.29, 1.82) is 0 Å². The molecule has 68 heavy (non-hydrogen) atoms. The number of aromatic nitrogens is 1. The zero-order valence-electron chi connectivity index (χ0n) is 38.0. The Morgan fingerprint density at radius 1 is 0.544 bits per heavy atom. The van der Waals surface area contributed by atoms with Gasteiger partial charge in [-0.05, 0) is 122 Å². The van der Waals surface area contributed by atoms with Crippen LogP contribution in [0.25, 0.3) is 71.7 Å². The van der Waals surface area contributed by atoms with Gasteiger partial charge in [0.05, 0.1) is 22.4 Å².